The van der Waals surface area contributed by atoms with Crippen LogP contribution in [0.5, 0.6) is 0 Å². The molecule has 0 aromatic carbocycles. The van der Waals surface area contributed by atoms with E-state index in [1.807, 2.05) is 0 Å². The van der Waals surface area contributed by atoms with Gasteiger partial charge in [-0.25, -0.2) is 10.8 Å². The van der Waals surface area contributed by atoms with Crippen LogP contribution in [0.4, 0.5) is 11.5 Å². The normalized spacial score (nSPS) is 9.77. The van der Waals surface area contributed by atoms with Gasteiger partial charge in [-0.2, -0.15) is 0 Å². The Morgan fingerprint density at radius 1 is 1.69 bits per heavy atom. The lowest BCUT2D eigenvalue weighted by molar-refractivity contribution is -0.385. The van der Waals surface area contributed by atoms with E-state index in [1.165, 1.54) is 11.2 Å². The quantitative estimate of drug-likeness (QED) is 0.411. The van der Waals surface area contributed by atoms with Gasteiger partial charge in [0.05, 0.1) is 4.92 Å². The lowest BCUT2D eigenvalue weighted by Gasteiger charge is -2.10. The Morgan fingerprint density at radius 2 is 2.31 bits per heavy atom. The number of hydrogen-bond donors (Lipinski definition) is 1. The summed E-state index contributed by atoms with van der Waals surface area (Å²) in [5.74, 6) is 5.91. The molecular weight excluding hydrogens is 172 g/mol. The summed E-state index contributed by atoms with van der Waals surface area (Å²) >= 11 is 0. The minimum Gasteiger partial charge on any atom is -0.298 e. The number of nitrogens with zero attached hydrogens (tertiary/aromatic N) is 3. The van der Waals surface area contributed by atoms with E-state index >= 15 is 0 Å². The topological polar surface area (TPSA) is 85.3 Å². The molecule has 0 radical (unpaired) electrons. The van der Waals surface area contributed by atoms with Crippen LogP contribution < -0.4 is 10.9 Å². The molecule has 6 heteroatoms. The van der Waals surface area contributed by atoms with Gasteiger partial charge in [0.1, 0.15) is 12.0 Å². The molecule has 1 aromatic rings. The van der Waals surface area contributed by atoms with Crippen LogP contribution in [0.15, 0.2) is 12.3 Å². The molecule has 0 spiro atoms. The van der Waals surface area contributed by atoms with Crippen molar-refractivity contribution in [3.05, 3.63) is 27.9 Å². The highest BCUT2D eigenvalue weighted by atomic mass is 16.6. The number of hydrogen-bond acceptors (Lipinski definition) is 5. The zero-order valence-corrected chi connectivity index (χ0v) is 7.39. The zero-order valence-electron chi connectivity index (χ0n) is 7.39. The van der Waals surface area contributed by atoms with Crippen molar-refractivity contribution in [1.29, 1.82) is 0 Å². The Labute approximate surface area is 75.1 Å². The second-order valence-electron chi connectivity index (χ2n) is 2.70. The predicted octanol–water partition coefficient (Wildman–Crippen LogP) is 0.608. The second-order valence-corrected chi connectivity index (χ2v) is 2.70. The molecule has 0 unspecified atom stereocenters. The molecule has 70 valence electrons. The SMILES string of the molecule is Cc1cc(N(C)N)ncc1[N+](=O)[O-]. The van der Waals surface area contributed by atoms with Crippen LogP contribution in [0.1, 0.15) is 5.56 Å². The van der Waals surface area contributed by atoms with E-state index in [1.54, 1.807) is 20.0 Å². The average molecular weight is 182 g/mol. The number of nitro groups is 1. The van der Waals surface area contributed by atoms with Crippen molar-refractivity contribution in [2.24, 2.45) is 5.84 Å². The molecule has 0 aliphatic carbocycles. The number of aromatic nitrogens is 1. The first kappa shape index (κ1) is 9.40. The molecule has 0 saturated heterocycles. The Morgan fingerprint density at radius 3 is 2.69 bits per heavy atom. The first-order valence-electron chi connectivity index (χ1n) is 3.62. The highest BCUT2D eigenvalue weighted by molar-refractivity contribution is 5.47. The molecule has 1 aromatic heterocycles. The van der Waals surface area contributed by atoms with E-state index < -0.39 is 4.92 Å². The molecule has 13 heavy (non-hydrogen) atoms. The summed E-state index contributed by atoms with van der Waals surface area (Å²) in [6.07, 6.45) is 1.20. The lowest BCUT2D eigenvalue weighted by atomic mass is 10.2. The number of rotatable bonds is 2. The van der Waals surface area contributed by atoms with Gasteiger partial charge in [0, 0.05) is 12.6 Å². The van der Waals surface area contributed by atoms with Gasteiger partial charge in [-0.3, -0.25) is 15.1 Å². The van der Waals surface area contributed by atoms with Crippen molar-refractivity contribution in [3.8, 4) is 0 Å². The smallest absolute Gasteiger partial charge is 0.290 e. The Balaban J connectivity index is 3.13. The van der Waals surface area contributed by atoms with Crippen molar-refractivity contribution < 1.29 is 4.92 Å². The monoisotopic (exact) mass is 182 g/mol. The molecule has 6 nitrogen and oxygen atoms in total. The summed E-state index contributed by atoms with van der Waals surface area (Å²) in [4.78, 5) is 13.8. The molecule has 0 amide bonds. The molecule has 2 N–H and O–H groups in total. The fraction of sp³-hybridized carbons (Fsp3) is 0.286. The van der Waals surface area contributed by atoms with Crippen LogP contribution in [0.3, 0.4) is 0 Å². The first-order chi connectivity index (χ1) is 6.02. The fourth-order valence-electron chi connectivity index (χ4n) is 0.918. The number of nitrogens with two attached hydrogens (primary N) is 1. The molecule has 0 fully saturated rings. The minimum absolute atomic E-state index is 0.00519. The van der Waals surface area contributed by atoms with E-state index in [9.17, 15) is 10.1 Å². The predicted molar refractivity (Wildman–Crippen MR) is 48.2 cm³/mol. The Hall–Kier alpha value is -1.69. The second kappa shape index (κ2) is 3.36. The van der Waals surface area contributed by atoms with Crippen LogP contribution in [-0.4, -0.2) is 17.0 Å². The van der Waals surface area contributed by atoms with Crippen molar-refractivity contribution >= 4 is 11.5 Å². The third-order valence-electron chi connectivity index (χ3n) is 1.63. The fourth-order valence-corrected chi connectivity index (χ4v) is 0.918. The first-order valence-corrected chi connectivity index (χ1v) is 3.62. The van der Waals surface area contributed by atoms with E-state index in [2.05, 4.69) is 4.98 Å². The van der Waals surface area contributed by atoms with Crippen molar-refractivity contribution in [2.75, 3.05) is 12.1 Å². The third kappa shape index (κ3) is 1.91. The van der Waals surface area contributed by atoms with Gasteiger partial charge in [0.25, 0.3) is 5.69 Å². The number of pyridine rings is 1. The van der Waals surface area contributed by atoms with E-state index in [0.29, 0.717) is 11.4 Å². The molecule has 1 heterocycles. The van der Waals surface area contributed by atoms with Gasteiger partial charge in [-0.05, 0) is 13.0 Å². The Bertz CT molecular complexity index is 337. The standard InChI is InChI=1S/C7H10N4O2/c1-5-3-7(10(2)8)9-4-6(5)11(12)13/h3-4H,8H2,1-2H3. The van der Waals surface area contributed by atoms with Gasteiger partial charge in [-0.1, -0.05) is 0 Å². The maximum atomic E-state index is 10.4. The number of hydrazine groups is 1. The van der Waals surface area contributed by atoms with Crippen LogP contribution in [0.25, 0.3) is 0 Å². The minimum atomic E-state index is -0.470. The van der Waals surface area contributed by atoms with Crippen molar-refractivity contribution in [1.82, 2.24) is 4.98 Å². The van der Waals surface area contributed by atoms with Crippen LogP contribution in [-0.2, 0) is 0 Å². The van der Waals surface area contributed by atoms with E-state index in [4.69, 9.17) is 5.84 Å². The number of aryl methyl sites for hydroxylation is 1. The number of anilines is 1. The van der Waals surface area contributed by atoms with Crippen LogP contribution in [0, 0.1) is 17.0 Å². The molecule has 0 bridgehead atoms. The van der Waals surface area contributed by atoms with Gasteiger partial charge < -0.3 is 0 Å². The van der Waals surface area contributed by atoms with Gasteiger partial charge in [0.2, 0.25) is 0 Å². The van der Waals surface area contributed by atoms with E-state index in [-0.39, 0.29) is 5.69 Å². The summed E-state index contributed by atoms with van der Waals surface area (Å²) in [7, 11) is 1.62. The molecule has 0 aliphatic rings. The van der Waals surface area contributed by atoms with Gasteiger partial charge in [0.15, 0.2) is 0 Å². The molecule has 1 rings (SSSR count). The molecular formula is C7H10N4O2. The summed E-state index contributed by atoms with van der Waals surface area (Å²) < 4.78 is 0. The van der Waals surface area contributed by atoms with Gasteiger partial charge in [-0.15, -0.1) is 0 Å². The van der Waals surface area contributed by atoms with Crippen molar-refractivity contribution in [2.45, 2.75) is 6.92 Å². The summed E-state index contributed by atoms with van der Waals surface area (Å²) in [5.41, 5.74) is 0.554. The van der Waals surface area contributed by atoms with Crippen LogP contribution >= 0.6 is 0 Å². The molecule has 0 saturated carbocycles. The summed E-state index contributed by atoms with van der Waals surface area (Å²) in [6, 6.07) is 1.57. The average Bonchev–Trinajstić information content (AvgIpc) is 2.03. The maximum Gasteiger partial charge on any atom is 0.290 e. The molecule has 0 aliphatic heterocycles. The largest absolute Gasteiger partial charge is 0.298 e. The van der Waals surface area contributed by atoms with Gasteiger partial charge >= 0.3 is 0 Å². The summed E-state index contributed by atoms with van der Waals surface area (Å²) in [5, 5.41) is 11.7. The zero-order chi connectivity index (χ0) is 10.0. The highest BCUT2D eigenvalue weighted by Crippen LogP contribution is 2.19. The Kier molecular flexibility index (Phi) is 2.43. The maximum absolute atomic E-state index is 10.4. The summed E-state index contributed by atoms with van der Waals surface area (Å²) in [6.45, 7) is 1.65. The van der Waals surface area contributed by atoms with Crippen molar-refractivity contribution in [3.63, 3.8) is 0 Å². The van der Waals surface area contributed by atoms with Crippen LogP contribution in [0.2, 0.25) is 0 Å². The highest BCUT2D eigenvalue weighted by Gasteiger charge is 2.11. The lowest BCUT2D eigenvalue weighted by Crippen LogP contribution is -2.26. The third-order valence-corrected chi connectivity index (χ3v) is 1.63. The van der Waals surface area contributed by atoms with E-state index in [0.717, 1.165) is 0 Å². The molecule has 0 atom stereocenters.